The maximum absolute atomic E-state index is 5.65. The first kappa shape index (κ1) is 7.49. The summed E-state index contributed by atoms with van der Waals surface area (Å²) in [5, 5.41) is 0. The van der Waals surface area contributed by atoms with E-state index in [-0.39, 0.29) is 0 Å². The second-order valence-electron chi connectivity index (χ2n) is 2.30. The second-order valence-corrected chi connectivity index (χ2v) is 2.30. The smallest absolute Gasteiger partial charge is 0.0590 e. The second kappa shape index (κ2) is 2.98. The molecular weight excluding hydrogens is 136 g/mol. The largest absolute Gasteiger partial charge is 0.397 e. The van der Waals surface area contributed by atoms with Crippen LogP contribution in [0, 0.1) is 12.3 Å². The third-order valence-corrected chi connectivity index (χ3v) is 1.52. The minimum absolute atomic E-state index is 0.539. The molecule has 0 unspecified atom stereocenters. The van der Waals surface area contributed by atoms with E-state index in [0.29, 0.717) is 17.8 Å². The lowest BCUT2D eigenvalue weighted by molar-refractivity contribution is 1.33. The fourth-order valence-corrected chi connectivity index (χ4v) is 0.897. The molecule has 4 N–H and O–H groups in total. The van der Waals surface area contributed by atoms with Gasteiger partial charge in [0.15, 0.2) is 0 Å². The molecule has 0 saturated carbocycles. The summed E-state index contributed by atoms with van der Waals surface area (Å²) in [6.45, 7) is 0. The van der Waals surface area contributed by atoms with Crippen molar-refractivity contribution in [1.82, 2.24) is 0 Å². The van der Waals surface area contributed by atoms with Gasteiger partial charge in [-0.25, -0.2) is 0 Å². The van der Waals surface area contributed by atoms with Gasteiger partial charge >= 0.3 is 0 Å². The van der Waals surface area contributed by atoms with Gasteiger partial charge in [0.25, 0.3) is 0 Å². The van der Waals surface area contributed by atoms with Crippen molar-refractivity contribution in [2.45, 2.75) is 6.42 Å². The number of rotatable bonds is 1. The molecule has 1 aromatic carbocycles. The average molecular weight is 146 g/mol. The van der Waals surface area contributed by atoms with Gasteiger partial charge in [0, 0.05) is 6.42 Å². The molecular formula is C9H10N2. The number of terminal acetylenes is 1. The van der Waals surface area contributed by atoms with E-state index in [1.54, 1.807) is 6.07 Å². The normalized spacial score (nSPS) is 9.00. The molecule has 1 rings (SSSR count). The van der Waals surface area contributed by atoms with Crippen LogP contribution in [0.5, 0.6) is 0 Å². The van der Waals surface area contributed by atoms with Crippen LogP contribution in [-0.2, 0) is 6.42 Å². The van der Waals surface area contributed by atoms with Crippen molar-refractivity contribution in [3.63, 3.8) is 0 Å². The molecule has 56 valence electrons. The number of para-hydroxylation sites is 1. The first-order valence-electron chi connectivity index (χ1n) is 3.32. The zero-order chi connectivity index (χ0) is 8.27. The maximum atomic E-state index is 5.65. The number of nitrogens with two attached hydrogens (primary N) is 2. The molecule has 0 aliphatic carbocycles. The molecule has 0 saturated heterocycles. The predicted molar refractivity (Wildman–Crippen MR) is 47.8 cm³/mol. The van der Waals surface area contributed by atoms with Gasteiger partial charge in [-0.1, -0.05) is 12.1 Å². The van der Waals surface area contributed by atoms with Crippen LogP contribution >= 0.6 is 0 Å². The van der Waals surface area contributed by atoms with Crippen molar-refractivity contribution in [1.29, 1.82) is 0 Å². The highest BCUT2D eigenvalue weighted by Gasteiger charge is 1.98. The molecule has 11 heavy (non-hydrogen) atoms. The third-order valence-electron chi connectivity index (χ3n) is 1.52. The minimum atomic E-state index is 0.539. The van der Waals surface area contributed by atoms with Crippen LogP contribution in [0.2, 0.25) is 0 Å². The van der Waals surface area contributed by atoms with E-state index in [1.807, 2.05) is 12.1 Å². The topological polar surface area (TPSA) is 52.0 Å². The zero-order valence-electron chi connectivity index (χ0n) is 6.17. The van der Waals surface area contributed by atoms with Crippen molar-refractivity contribution in [2.75, 3.05) is 11.5 Å². The van der Waals surface area contributed by atoms with Gasteiger partial charge in [-0.15, -0.1) is 12.3 Å². The van der Waals surface area contributed by atoms with Gasteiger partial charge in [0.1, 0.15) is 0 Å². The number of hydrogen-bond donors (Lipinski definition) is 2. The lowest BCUT2D eigenvalue weighted by Crippen LogP contribution is -1.98. The van der Waals surface area contributed by atoms with Gasteiger partial charge in [-0.05, 0) is 11.6 Å². The summed E-state index contributed by atoms with van der Waals surface area (Å²) in [6, 6.07) is 5.49. The highest BCUT2D eigenvalue weighted by atomic mass is 14.7. The summed E-state index contributed by atoms with van der Waals surface area (Å²) >= 11 is 0. The van der Waals surface area contributed by atoms with Crippen LogP contribution < -0.4 is 11.5 Å². The van der Waals surface area contributed by atoms with Crippen molar-refractivity contribution in [3.05, 3.63) is 23.8 Å². The monoisotopic (exact) mass is 146 g/mol. The van der Waals surface area contributed by atoms with Crippen molar-refractivity contribution in [3.8, 4) is 12.3 Å². The van der Waals surface area contributed by atoms with Gasteiger partial charge in [0.2, 0.25) is 0 Å². The SMILES string of the molecule is C#CCc1cccc(N)c1N. The van der Waals surface area contributed by atoms with E-state index >= 15 is 0 Å². The molecule has 2 heteroatoms. The van der Waals surface area contributed by atoms with E-state index in [9.17, 15) is 0 Å². The Morgan fingerprint density at radius 2 is 2.09 bits per heavy atom. The first-order chi connectivity index (χ1) is 5.25. The molecule has 0 aliphatic rings. The molecule has 0 bridgehead atoms. The first-order valence-corrected chi connectivity index (χ1v) is 3.32. The summed E-state index contributed by atoms with van der Waals surface area (Å²) in [7, 11) is 0. The quantitative estimate of drug-likeness (QED) is 0.459. The third kappa shape index (κ3) is 1.44. The van der Waals surface area contributed by atoms with Crippen LogP contribution in [0.25, 0.3) is 0 Å². The molecule has 0 aromatic heterocycles. The number of anilines is 2. The van der Waals surface area contributed by atoms with E-state index in [1.165, 1.54) is 0 Å². The Balaban J connectivity index is 3.08. The highest BCUT2D eigenvalue weighted by molar-refractivity contribution is 5.67. The van der Waals surface area contributed by atoms with Gasteiger partial charge in [-0.2, -0.15) is 0 Å². The predicted octanol–water partition coefficient (Wildman–Crippen LogP) is 1.03. The van der Waals surface area contributed by atoms with Crippen molar-refractivity contribution >= 4 is 11.4 Å². The van der Waals surface area contributed by atoms with Gasteiger partial charge in [-0.3, -0.25) is 0 Å². The molecule has 0 spiro atoms. The van der Waals surface area contributed by atoms with Crippen molar-refractivity contribution < 1.29 is 0 Å². The lowest BCUT2D eigenvalue weighted by atomic mass is 10.1. The number of hydrogen-bond acceptors (Lipinski definition) is 2. The van der Waals surface area contributed by atoms with E-state index < -0.39 is 0 Å². The number of benzene rings is 1. The Labute approximate surface area is 66.2 Å². The number of nitrogen functional groups attached to an aromatic ring is 2. The lowest BCUT2D eigenvalue weighted by Gasteiger charge is -2.03. The summed E-state index contributed by atoms with van der Waals surface area (Å²) < 4.78 is 0. The Morgan fingerprint density at radius 1 is 1.36 bits per heavy atom. The summed E-state index contributed by atoms with van der Waals surface area (Å²) in [5.41, 5.74) is 13.3. The highest BCUT2D eigenvalue weighted by Crippen LogP contribution is 2.19. The Bertz CT molecular complexity index is 297. The summed E-state index contributed by atoms with van der Waals surface area (Å²) in [4.78, 5) is 0. The Hall–Kier alpha value is -1.62. The zero-order valence-corrected chi connectivity index (χ0v) is 6.17. The Morgan fingerprint density at radius 3 is 2.73 bits per heavy atom. The van der Waals surface area contributed by atoms with Crippen molar-refractivity contribution in [2.24, 2.45) is 0 Å². The molecule has 0 fully saturated rings. The van der Waals surface area contributed by atoms with E-state index in [0.717, 1.165) is 5.56 Å². The fourth-order valence-electron chi connectivity index (χ4n) is 0.897. The van der Waals surface area contributed by atoms with Crippen LogP contribution in [0.3, 0.4) is 0 Å². The molecule has 0 atom stereocenters. The molecule has 0 heterocycles. The summed E-state index contributed by atoms with van der Waals surface area (Å²) in [5.74, 6) is 2.52. The standard InChI is InChI=1S/C9H10N2/c1-2-4-7-5-3-6-8(10)9(7)11/h1,3,5-6H,4,10-11H2. The van der Waals surface area contributed by atoms with Crippen LogP contribution in [0.15, 0.2) is 18.2 Å². The molecule has 1 aromatic rings. The van der Waals surface area contributed by atoms with Crippen LogP contribution in [0.4, 0.5) is 11.4 Å². The van der Waals surface area contributed by atoms with E-state index in [4.69, 9.17) is 17.9 Å². The van der Waals surface area contributed by atoms with Gasteiger partial charge in [0.05, 0.1) is 11.4 Å². The maximum Gasteiger partial charge on any atom is 0.0590 e. The molecule has 2 nitrogen and oxygen atoms in total. The fraction of sp³-hybridized carbons (Fsp3) is 0.111. The molecule has 0 amide bonds. The average Bonchev–Trinajstić information content (AvgIpc) is 1.99. The van der Waals surface area contributed by atoms with Gasteiger partial charge < -0.3 is 11.5 Å². The summed E-state index contributed by atoms with van der Waals surface area (Å²) in [6.07, 6.45) is 5.67. The molecule has 0 radical (unpaired) electrons. The van der Waals surface area contributed by atoms with Crippen LogP contribution in [0.1, 0.15) is 5.56 Å². The molecule has 0 aliphatic heterocycles. The minimum Gasteiger partial charge on any atom is -0.397 e. The van der Waals surface area contributed by atoms with E-state index in [2.05, 4.69) is 5.92 Å². The Kier molecular flexibility index (Phi) is 2.03. The van der Waals surface area contributed by atoms with Crippen LogP contribution in [-0.4, -0.2) is 0 Å².